The monoisotopic (exact) mass is 381 g/mol. The predicted molar refractivity (Wildman–Crippen MR) is 91.2 cm³/mol. The molecule has 1 aromatic carbocycles. The van der Waals surface area contributed by atoms with Crippen molar-refractivity contribution in [3.8, 4) is 6.01 Å². The number of anilines is 2. The van der Waals surface area contributed by atoms with Crippen LogP contribution in [0.15, 0.2) is 24.3 Å². The van der Waals surface area contributed by atoms with Gasteiger partial charge in [-0.2, -0.15) is 19.3 Å². The van der Waals surface area contributed by atoms with Gasteiger partial charge in [-0.1, -0.05) is 12.1 Å². The number of aromatic nitrogens is 3. The second-order valence-electron chi connectivity index (χ2n) is 4.66. The number of carbonyl (C=O) groups is 2. The van der Waals surface area contributed by atoms with Gasteiger partial charge in [0, 0.05) is 0 Å². The Hall–Kier alpha value is -3.12. The number of carbonyl (C=O) groups excluding carboxylic acids is 2. The van der Waals surface area contributed by atoms with Gasteiger partial charge in [0.25, 0.3) is 11.3 Å². The lowest BCUT2D eigenvalue weighted by Crippen LogP contribution is -2.37. The maximum absolute atomic E-state index is 12.5. The molecule has 0 fully saturated rings. The van der Waals surface area contributed by atoms with Crippen molar-refractivity contribution in [2.24, 2.45) is 0 Å². The van der Waals surface area contributed by atoms with E-state index >= 15 is 0 Å². The molecule has 0 saturated carbocycles. The van der Waals surface area contributed by atoms with Crippen LogP contribution in [0.2, 0.25) is 0 Å². The highest BCUT2D eigenvalue weighted by Gasteiger charge is 2.27. The van der Waals surface area contributed by atoms with Crippen molar-refractivity contribution in [2.45, 2.75) is 6.92 Å². The molecule has 2 rings (SSSR count). The van der Waals surface area contributed by atoms with Gasteiger partial charge in [0.1, 0.15) is 5.82 Å². The number of rotatable bonds is 5. The summed E-state index contributed by atoms with van der Waals surface area (Å²) in [6, 6.07) is 4.59. The second kappa shape index (κ2) is 8.31. The molecule has 11 nitrogen and oxygen atoms in total. The summed E-state index contributed by atoms with van der Waals surface area (Å²) in [5, 5.41) is 2.26. The molecule has 0 saturated heterocycles. The van der Waals surface area contributed by atoms with Gasteiger partial charge in [-0.15, -0.1) is 0 Å². The van der Waals surface area contributed by atoms with Crippen molar-refractivity contribution in [3.63, 3.8) is 0 Å². The molecule has 2 aromatic rings. The third-order valence-electron chi connectivity index (χ3n) is 3.00. The Kier molecular flexibility index (Phi) is 6.14. The molecular weight excluding hydrogens is 366 g/mol. The van der Waals surface area contributed by atoms with Crippen LogP contribution in [-0.4, -0.2) is 49.9 Å². The number of nitrogens with zero attached hydrogens (tertiary/aromatic N) is 4. The standard InChI is InChI=1S/C14H15N5O6S/c1-8-15-12(17-13(16-8)25-3)18-14(21)19(26(22)23)10-7-5-4-6-9(10)11(20)24-2/h4-7H,1-3H3,(H,22,23)(H,15,16,17,18,21). The molecule has 0 aliphatic heterocycles. The van der Waals surface area contributed by atoms with E-state index in [1.165, 1.54) is 31.4 Å². The minimum atomic E-state index is -2.79. The molecule has 1 aromatic heterocycles. The average Bonchev–Trinajstić information content (AvgIpc) is 2.60. The van der Waals surface area contributed by atoms with E-state index in [0.29, 0.717) is 4.31 Å². The van der Waals surface area contributed by atoms with Crippen LogP contribution in [0.1, 0.15) is 16.2 Å². The van der Waals surface area contributed by atoms with Crippen molar-refractivity contribution in [2.75, 3.05) is 23.8 Å². The SMILES string of the molecule is COC(=O)c1ccccc1N(C(=O)Nc1nc(C)nc(OC)n1)S(=O)O. The largest absolute Gasteiger partial charge is 0.467 e. The topological polar surface area (TPSA) is 144 Å². The predicted octanol–water partition coefficient (Wildman–Crippen LogP) is 1.15. The molecule has 12 heteroatoms. The first-order valence-electron chi connectivity index (χ1n) is 7.03. The number of aryl methyl sites for hydroxylation is 1. The van der Waals surface area contributed by atoms with Gasteiger partial charge < -0.3 is 9.47 Å². The highest BCUT2D eigenvalue weighted by Crippen LogP contribution is 2.23. The Balaban J connectivity index is 2.40. The van der Waals surface area contributed by atoms with Gasteiger partial charge in [0.15, 0.2) is 0 Å². The third-order valence-corrected chi connectivity index (χ3v) is 3.67. The number of nitrogens with one attached hydrogen (secondary N) is 1. The number of hydrogen-bond acceptors (Lipinski definition) is 8. The second-order valence-corrected chi connectivity index (χ2v) is 5.48. The molecule has 0 radical (unpaired) electrons. The van der Waals surface area contributed by atoms with E-state index in [-0.39, 0.29) is 29.0 Å². The normalized spacial score (nSPS) is 11.4. The number of para-hydroxylation sites is 1. The van der Waals surface area contributed by atoms with Crippen LogP contribution in [0.4, 0.5) is 16.4 Å². The van der Waals surface area contributed by atoms with E-state index in [1.807, 2.05) is 0 Å². The summed E-state index contributed by atoms with van der Waals surface area (Å²) in [5.74, 6) is -0.703. The molecule has 0 bridgehead atoms. The molecule has 26 heavy (non-hydrogen) atoms. The van der Waals surface area contributed by atoms with Crippen molar-refractivity contribution < 1.29 is 27.8 Å². The minimum absolute atomic E-state index is 0.0422. The Morgan fingerprint density at radius 2 is 1.88 bits per heavy atom. The lowest BCUT2D eigenvalue weighted by Gasteiger charge is -2.20. The Labute approximate surface area is 150 Å². The van der Waals surface area contributed by atoms with E-state index in [0.717, 1.165) is 7.11 Å². The van der Waals surface area contributed by atoms with Crippen molar-refractivity contribution in [3.05, 3.63) is 35.7 Å². The minimum Gasteiger partial charge on any atom is -0.467 e. The zero-order chi connectivity index (χ0) is 19.3. The molecule has 138 valence electrons. The van der Waals surface area contributed by atoms with E-state index in [1.54, 1.807) is 6.92 Å². The fourth-order valence-electron chi connectivity index (χ4n) is 1.95. The maximum atomic E-state index is 12.5. The molecular formula is C14H15N5O6S. The zero-order valence-corrected chi connectivity index (χ0v) is 14.8. The van der Waals surface area contributed by atoms with Crippen LogP contribution in [0.25, 0.3) is 0 Å². The van der Waals surface area contributed by atoms with Gasteiger partial charge >= 0.3 is 18.0 Å². The smallest absolute Gasteiger partial charge is 0.342 e. The van der Waals surface area contributed by atoms with Crippen LogP contribution in [0.3, 0.4) is 0 Å². The van der Waals surface area contributed by atoms with Crippen molar-refractivity contribution in [1.82, 2.24) is 15.0 Å². The highest BCUT2D eigenvalue weighted by atomic mass is 32.2. The van der Waals surface area contributed by atoms with Gasteiger partial charge in [-0.05, 0) is 19.1 Å². The highest BCUT2D eigenvalue weighted by molar-refractivity contribution is 7.81. The summed E-state index contributed by atoms with van der Waals surface area (Å²) < 4.78 is 31.2. The van der Waals surface area contributed by atoms with Crippen LogP contribution in [0, 0.1) is 6.92 Å². The maximum Gasteiger partial charge on any atom is 0.342 e. The van der Waals surface area contributed by atoms with E-state index < -0.39 is 23.3 Å². The number of esters is 1. The summed E-state index contributed by atoms with van der Waals surface area (Å²) >= 11 is -2.79. The van der Waals surface area contributed by atoms with E-state index in [4.69, 9.17) is 4.74 Å². The summed E-state index contributed by atoms with van der Waals surface area (Å²) in [6.45, 7) is 1.55. The van der Waals surface area contributed by atoms with Crippen LogP contribution in [0.5, 0.6) is 6.01 Å². The Bertz CT molecular complexity index is 861. The number of benzene rings is 1. The number of urea groups is 1. The van der Waals surface area contributed by atoms with Gasteiger partial charge in [0.2, 0.25) is 5.95 Å². The zero-order valence-electron chi connectivity index (χ0n) is 14.0. The molecule has 2 N–H and O–H groups in total. The van der Waals surface area contributed by atoms with Crippen LogP contribution < -0.4 is 14.4 Å². The number of amides is 2. The lowest BCUT2D eigenvalue weighted by molar-refractivity contribution is 0.0602. The fraction of sp³-hybridized carbons (Fsp3) is 0.214. The lowest BCUT2D eigenvalue weighted by atomic mass is 10.2. The van der Waals surface area contributed by atoms with Crippen molar-refractivity contribution >= 4 is 34.9 Å². The third kappa shape index (κ3) is 4.29. The number of hydrogen-bond donors (Lipinski definition) is 2. The van der Waals surface area contributed by atoms with E-state index in [9.17, 15) is 18.4 Å². The number of methoxy groups -OCH3 is 2. The Morgan fingerprint density at radius 1 is 1.19 bits per heavy atom. The first-order valence-corrected chi connectivity index (χ1v) is 8.09. The molecule has 2 amide bonds. The molecule has 0 spiro atoms. The van der Waals surface area contributed by atoms with Gasteiger partial charge in [-0.3, -0.25) is 9.87 Å². The summed E-state index contributed by atoms with van der Waals surface area (Å²) in [6.07, 6.45) is 0. The first kappa shape index (κ1) is 19.2. The fourth-order valence-corrected chi connectivity index (χ4v) is 2.46. The quantitative estimate of drug-likeness (QED) is 0.575. The van der Waals surface area contributed by atoms with Crippen LogP contribution in [-0.2, 0) is 16.0 Å². The molecule has 0 aliphatic rings. The molecule has 0 aliphatic carbocycles. The summed E-state index contributed by atoms with van der Waals surface area (Å²) in [7, 11) is 2.49. The number of ether oxygens (including phenoxy) is 2. The molecule has 1 unspecified atom stereocenters. The molecule has 1 heterocycles. The van der Waals surface area contributed by atoms with E-state index in [2.05, 4.69) is 25.0 Å². The molecule has 1 atom stereocenters. The van der Waals surface area contributed by atoms with Gasteiger partial charge in [-0.25, -0.2) is 13.8 Å². The average molecular weight is 381 g/mol. The summed E-state index contributed by atoms with van der Waals surface area (Å²) in [5.41, 5.74) is -0.201. The van der Waals surface area contributed by atoms with Crippen LogP contribution >= 0.6 is 0 Å². The first-order chi connectivity index (χ1) is 12.4. The Morgan fingerprint density at radius 3 is 2.50 bits per heavy atom. The van der Waals surface area contributed by atoms with Gasteiger partial charge in [0.05, 0.1) is 25.5 Å². The van der Waals surface area contributed by atoms with Crippen molar-refractivity contribution in [1.29, 1.82) is 0 Å². The summed E-state index contributed by atoms with van der Waals surface area (Å²) in [4.78, 5) is 35.9.